The first kappa shape index (κ1) is 10.1. The zero-order valence-electron chi connectivity index (χ0n) is 8.99. The molecule has 0 heterocycles. The predicted molar refractivity (Wildman–Crippen MR) is 59.5 cm³/mol. The number of aliphatic imine (C=N–C) groups is 1. The van der Waals surface area contributed by atoms with E-state index in [9.17, 15) is 4.79 Å². The summed E-state index contributed by atoms with van der Waals surface area (Å²) in [4.78, 5) is 14.4. The van der Waals surface area contributed by atoms with Gasteiger partial charge in [0.2, 0.25) is 6.08 Å². The van der Waals surface area contributed by atoms with Gasteiger partial charge in [0.15, 0.2) is 0 Å². The second-order valence-electron chi connectivity index (χ2n) is 4.14. The Kier molecular flexibility index (Phi) is 2.70. The van der Waals surface area contributed by atoms with Gasteiger partial charge in [0.1, 0.15) is 0 Å². The van der Waals surface area contributed by atoms with Gasteiger partial charge in [-0.05, 0) is 30.4 Å². The Balaban J connectivity index is 2.39. The number of isocyanates is 1. The van der Waals surface area contributed by atoms with Crippen molar-refractivity contribution in [1.82, 2.24) is 0 Å². The van der Waals surface area contributed by atoms with Gasteiger partial charge in [0.25, 0.3) is 0 Å². The van der Waals surface area contributed by atoms with Crippen LogP contribution in [0.2, 0.25) is 0 Å². The monoisotopic (exact) mass is 201 g/mol. The van der Waals surface area contributed by atoms with Crippen molar-refractivity contribution in [2.45, 2.75) is 38.1 Å². The Labute approximate surface area is 90.0 Å². The minimum atomic E-state index is -0.215. The van der Waals surface area contributed by atoms with Crippen molar-refractivity contribution >= 4 is 6.08 Å². The summed E-state index contributed by atoms with van der Waals surface area (Å²) < 4.78 is 0. The summed E-state index contributed by atoms with van der Waals surface area (Å²) in [5.41, 5.74) is 2.35. The molecule has 0 unspecified atom stereocenters. The number of hydrogen-bond acceptors (Lipinski definition) is 2. The molecule has 1 aromatic carbocycles. The van der Waals surface area contributed by atoms with Gasteiger partial charge in [-0.1, -0.05) is 37.6 Å². The van der Waals surface area contributed by atoms with Gasteiger partial charge >= 0.3 is 0 Å². The molecular formula is C13H15NO. The SMILES string of the molecule is CCCc1ccccc1C1(N=C=O)CC1. The van der Waals surface area contributed by atoms with Gasteiger partial charge < -0.3 is 0 Å². The molecule has 0 atom stereocenters. The molecule has 0 N–H and O–H groups in total. The standard InChI is InChI=1S/C13H15NO/c1-2-5-11-6-3-4-7-12(11)13(8-9-13)14-10-15/h3-4,6-7H,2,5,8-9H2,1H3. The first-order valence-electron chi connectivity index (χ1n) is 5.50. The Morgan fingerprint density at radius 3 is 2.73 bits per heavy atom. The molecule has 0 bridgehead atoms. The van der Waals surface area contributed by atoms with Crippen LogP contribution in [0.5, 0.6) is 0 Å². The predicted octanol–water partition coefficient (Wildman–Crippen LogP) is 2.96. The lowest BCUT2D eigenvalue weighted by Gasteiger charge is -2.13. The Morgan fingerprint density at radius 1 is 1.40 bits per heavy atom. The largest absolute Gasteiger partial charge is 0.235 e. The molecule has 2 heteroatoms. The van der Waals surface area contributed by atoms with E-state index in [1.54, 1.807) is 6.08 Å². The van der Waals surface area contributed by atoms with Crippen molar-refractivity contribution in [3.63, 3.8) is 0 Å². The Hall–Kier alpha value is -1.40. The highest BCUT2D eigenvalue weighted by Crippen LogP contribution is 2.50. The quantitative estimate of drug-likeness (QED) is 0.544. The molecule has 1 fully saturated rings. The molecular weight excluding hydrogens is 186 g/mol. The topological polar surface area (TPSA) is 29.4 Å². The summed E-state index contributed by atoms with van der Waals surface area (Å²) in [7, 11) is 0. The van der Waals surface area contributed by atoms with Crippen LogP contribution in [-0.4, -0.2) is 6.08 Å². The third kappa shape index (κ3) is 1.86. The first-order chi connectivity index (χ1) is 7.32. The van der Waals surface area contributed by atoms with E-state index in [1.807, 2.05) is 6.07 Å². The minimum Gasteiger partial charge on any atom is -0.211 e. The lowest BCUT2D eigenvalue weighted by Crippen LogP contribution is -2.06. The lowest BCUT2D eigenvalue weighted by molar-refractivity contribution is 0.556. The fourth-order valence-electron chi connectivity index (χ4n) is 2.11. The molecule has 0 aliphatic heterocycles. The van der Waals surface area contributed by atoms with E-state index in [0.29, 0.717) is 0 Å². The van der Waals surface area contributed by atoms with E-state index in [0.717, 1.165) is 25.7 Å². The molecule has 1 aliphatic carbocycles. The number of hydrogen-bond donors (Lipinski definition) is 0. The molecule has 1 saturated carbocycles. The third-order valence-corrected chi connectivity index (χ3v) is 3.02. The van der Waals surface area contributed by atoms with Crippen LogP contribution >= 0.6 is 0 Å². The zero-order chi connectivity index (χ0) is 10.7. The number of nitrogens with zero attached hydrogens (tertiary/aromatic N) is 1. The van der Waals surface area contributed by atoms with Crippen molar-refractivity contribution in [3.8, 4) is 0 Å². The summed E-state index contributed by atoms with van der Waals surface area (Å²) in [5, 5.41) is 0. The van der Waals surface area contributed by atoms with Crippen LogP contribution in [-0.2, 0) is 16.8 Å². The average molecular weight is 201 g/mol. The summed E-state index contributed by atoms with van der Waals surface area (Å²) in [6, 6.07) is 8.31. The zero-order valence-corrected chi connectivity index (χ0v) is 8.99. The number of benzene rings is 1. The van der Waals surface area contributed by atoms with Crippen molar-refractivity contribution in [1.29, 1.82) is 0 Å². The van der Waals surface area contributed by atoms with Crippen LogP contribution in [0, 0.1) is 0 Å². The van der Waals surface area contributed by atoms with Crippen molar-refractivity contribution in [3.05, 3.63) is 35.4 Å². The molecule has 0 spiro atoms. The van der Waals surface area contributed by atoms with Gasteiger partial charge in [-0.15, -0.1) is 0 Å². The van der Waals surface area contributed by atoms with Gasteiger partial charge in [0, 0.05) is 0 Å². The summed E-state index contributed by atoms with van der Waals surface area (Å²) in [6.45, 7) is 2.17. The molecule has 0 saturated heterocycles. The number of rotatable bonds is 4. The van der Waals surface area contributed by atoms with Crippen LogP contribution in [0.1, 0.15) is 37.3 Å². The molecule has 1 aromatic rings. The van der Waals surface area contributed by atoms with Crippen LogP contribution in [0.25, 0.3) is 0 Å². The lowest BCUT2D eigenvalue weighted by atomic mass is 9.96. The summed E-state index contributed by atoms with van der Waals surface area (Å²) in [5.74, 6) is 0. The maximum Gasteiger partial charge on any atom is 0.235 e. The van der Waals surface area contributed by atoms with Gasteiger partial charge in [0.05, 0.1) is 5.54 Å². The van der Waals surface area contributed by atoms with Gasteiger partial charge in [-0.2, -0.15) is 4.99 Å². The molecule has 2 rings (SSSR count). The summed E-state index contributed by atoms with van der Waals surface area (Å²) in [6.07, 6.45) is 5.88. The van der Waals surface area contributed by atoms with Crippen molar-refractivity contribution in [2.24, 2.45) is 4.99 Å². The van der Waals surface area contributed by atoms with Crippen LogP contribution in [0.4, 0.5) is 0 Å². The maximum absolute atomic E-state index is 10.4. The normalized spacial score (nSPS) is 16.9. The van der Waals surface area contributed by atoms with Gasteiger partial charge in [-0.25, -0.2) is 4.79 Å². The molecule has 0 aromatic heterocycles. The summed E-state index contributed by atoms with van der Waals surface area (Å²) >= 11 is 0. The Bertz CT molecular complexity index is 401. The molecule has 0 amide bonds. The van der Waals surface area contributed by atoms with E-state index in [2.05, 4.69) is 30.1 Å². The molecule has 0 radical (unpaired) electrons. The molecule has 2 nitrogen and oxygen atoms in total. The van der Waals surface area contributed by atoms with E-state index in [1.165, 1.54) is 11.1 Å². The highest BCUT2D eigenvalue weighted by atomic mass is 16.1. The molecule has 1 aliphatic rings. The van der Waals surface area contributed by atoms with Crippen LogP contribution in [0.15, 0.2) is 29.3 Å². The second-order valence-corrected chi connectivity index (χ2v) is 4.14. The van der Waals surface area contributed by atoms with E-state index < -0.39 is 0 Å². The molecule has 15 heavy (non-hydrogen) atoms. The average Bonchev–Trinajstić information content (AvgIpc) is 3.01. The fourth-order valence-corrected chi connectivity index (χ4v) is 2.11. The van der Waals surface area contributed by atoms with Crippen LogP contribution in [0.3, 0.4) is 0 Å². The van der Waals surface area contributed by atoms with E-state index >= 15 is 0 Å². The van der Waals surface area contributed by atoms with Crippen LogP contribution < -0.4 is 0 Å². The number of carbonyl (C=O) groups excluding carboxylic acids is 1. The first-order valence-corrected chi connectivity index (χ1v) is 5.50. The smallest absolute Gasteiger partial charge is 0.211 e. The van der Waals surface area contributed by atoms with E-state index in [-0.39, 0.29) is 5.54 Å². The highest BCUT2D eigenvalue weighted by Gasteiger charge is 2.45. The maximum atomic E-state index is 10.4. The van der Waals surface area contributed by atoms with Gasteiger partial charge in [-0.3, -0.25) is 0 Å². The minimum absolute atomic E-state index is 0.215. The second kappa shape index (κ2) is 4.00. The fraction of sp³-hybridized carbons (Fsp3) is 0.462. The number of aryl methyl sites for hydroxylation is 1. The third-order valence-electron chi connectivity index (χ3n) is 3.02. The van der Waals surface area contributed by atoms with E-state index in [4.69, 9.17) is 0 Å². The van der Waals surface area contributed by atoms with Crippen molar-refractivity contribution < 1.29 is 4.79 Å². The Morgan fingerprint density at radius 2 is 2.13 bits per heavy atom. The molecule has 78 valence electrons. The highest BCUT2D eigenvalue weighted by molar-refractivity contribution is 5.44. The van der Waals surface area contributed by atoms with Crippen molar-refractivity contribution in [2.75, 3.05) is 0 Å².